The molecular formula is C10H20O3S. The molecule has 0 fully saturated rings. The minimum absolute atomic E-state index is 0.0592. The largest absolute Gasteiger partial charge is 0.367 e. The summed E-state index contributed by atoms with van der Waals surface area (Å²) in [5, 5.41) is 18.6. The van der Waals surface area contributed by atoms with Crippen LogP contribution in [0.3, 0.4) is 0 Å². The standard InChI is InChI=1S/C10H20O3S/c1-4-6-7-10(5-2,9(12)13)14-8(3)11/h9,12-13H,4-7H2,1-3H3. The molecular weight excluding hydrogens is 200 g/mol. The van der Waals surface area contributed by atoms with E-state index in [0.29, 0.717) is 12.8 Å². The SMILES string of the molecule is CCCCC(CC)(SC(C)=O)C(O)O. The Bertz CT molecular complexity index is 182. The summed E-state index contributed by atoms with van der Waals surface area (Å²) in [4.78, 5) is 11.0. The molecule has 0 saturated heterocycles. The van der Waals surface area contributed by atoms with Gasteiger partial charge in [0.15, 0.2) is 11.4 Å². The molecule has 0 aliphatic rings. The quantitative estimate of drug-likeness (QED) is 0.671. The molecule has 2 N–H and O–H groups in total. The van der Waals surface area contributed by atoms with Crippen LogP contribution in [0.25, 0.3) is 0 Å². The van der Waals surface area contributed by atoms with Gasteiger partial charge in [-0.3, -0.25) is 4.79 Å². The van der Waals surface area contributed by atoms with Crippen molar-refractivity contribution in [3.05, 3.63) is 0 Å². The maximum Gasteiger partial charge on any atom is 0.186 e. The Morgan fingerprint density at radius 1 is 1.43 bits per heavy atom. The molecule has 14 heavy (non-hydrogen) atoms. The summed E-state index contributed by atoms with van der Waals surface area (Å²) < 4.78 is -0.707. The molecule has 0 bridgehead atoms. The van der Waals surface area contributed by atoms with Crippen molar-refractivity contribution in [1.29, 1.82) is 0 Å². The van der Waals surface area contributed by atoms with Crippen LogP contribution in [0, 0.1) is 0 Å². The number of hydrogen-bond donors (Lipinski definition) is 2. The molecule has 84 valence electrons. The van der Waals surface area contributed by atoms with Crippen LogP contribution < -0.4 is 0 Å². The number of aliphatic hydroxyl groups excluding tert-OH is 1. The van der Waals surface area contributed by atoms with E-state index in [1.54, 1.807) is 0 Å². The second-order valence-corrected chi connectivity index (χ2v) is 5.08. The van der Waals surface area contributed by atoms with E-state index in [2.05, 4.69) is 0 Å². The number of unbranched alkanes of at least 4 members (excludes halogenated alkanes) is 1. The maximum absolute atomic E-state index is 11.0. The van der Waals surface area contributed by atoms with Crippen molar-refractivity contribution in [2.45, 2.75) is 57.5 Å². The van der Waals surface area contributed by atoms with Gasteiger partial charge in [-0.25, -0.2) is 0 Å². The molecule has 0 amide bonds. The van der Waals surface area contributed by atoms with Gasteiger partial charge in [0, 0.05) is 6.92 Å². The summed E-state index contributed by atoms with van der Waals surface area (Å²) >= 11 is 1.06. The predicted octanol–water partition coefficient (Wildman–Crippen LogP) is 1.92. The molecule has 0 aromatic rings. The van der Waals surface area contributed by atoms with Crippen LogP contribution in [0.4, 0.5) is 0 Å². The molecule has 0 radical (unpaired) electrons. The van der Waals surface area contributed by atoms with E-state index in [4.69, 9.17) is 0 Å². The second kappa shape index (κ2) is 6.43. The highest BCUT2D eigenvalue weighted by Crippen LogP contribution is 2.37. The Morgan fingerprint density at radius 3 is 2.29 bits per heavy atom. The average Bonchev–Trinajstić information content (AvgIpc) is 2.11. The third-order valence-corrected chi connectivity index (χ3v) is 3.77. The second-order valence-electron chi connectivity index (χ2n) is 3.49. The van der Waals surface area contributed by atoms with Crippen molar-refractivity contribution in [2.24, 2.45) is 0 Å². The van der Waals surface area contributed by atoms with E-state index in [1.165, 1.54) is 6.92 Å². The Balaban J connectivity index is 4.51. The van der Waals surface area contributed by atoms with Gasteiger partial charge in [0.25, 0.3) is 0 Å². The first kappa shape index (κ1) is 13.9. The van der Waals surface area contributed by atoms with E-state index in [0.717, 1.165) is 24.6 Å². The number of thioether (sulfide) groups is 1. The minimum Gasteiger partial charge on any atom is -0.367 e. The lowest BCUT2D eigenvalue weighted by Gasteiger charge is -2.32. The fourth-order valence-corrected chi connectivity index (χ4v) is 2.50. The summed E-state index contributed by atoms with van der Waals surface area (Å²) in [5.41, 5.74) is 0. The molecule has 0 aromatic heterocycles. The summed E-state index contributed by atoms with van der Waals surface area (Å²) in [6, 6.07) is 0. The van der Waals surface area contributed by atoms with Crippen molar-refractivity contribution in [3.8, 4) is 0 Å². The Hall–Kier alpha value is -0.0600. The molecule has 3 nitrogen and oxygen atoms in total. The van der Waals surface area contributed by atoms with Crippen molar-refractivity contribution < 1.29 is 15.0 Å². The summed E-state index contributed by atoms with van der Waals surface area (Å²) in [7, 11) is 0. The Kier molecular flexibility index (Phi) is 6.40. The highest BCUT2D eigenvalue weighted by Gasteiger charge is 2.36. The third-order valence-electron chi connectivity index (χ3n) is 2.37. The van der Waals surface area contributed by atoms with Crippen molar-refractivity contribution in [1.82, 2.24) is 0 Å². The zero-order chi connectivity index (χ0) is 11.2. The molecule has 0 aromatic carbocycles. The summed E-state index contributed by atoms with van der Waals surface area (Å²) in [5.74, 6) is 0. The predicted molar refractivity (Wildman–Crippen MR) is 59.0 cm³/mol. The zero-order valence-electron chi connectivity index (χ0n) is 9.12. The van der Waals surface area contributed by atoms with Crippen molar-refractivity contribution in [2.75, 3.05) is 0 Å². The lowest BCUT2D eigenvalue weighted by atomic mass is 9.97. The van der Waals surface area contributed by atoms with Gasteiger partial charge in [-0.15, -0.1) is 0 Å². The molecule has 0 saturated carbocycles. The van der Waals surface area contributed by atoms with Crippen LogP contribution in [0.2, 0.25) is 0 Å². The number of carbonyl (C=O) groups excluding carboxylic acids is 1. The number of carbonyl (C=O) groups is 1. The molecule has 0 rings (SSSR count). The lowest BCUT2D eigenvalue weighted by Crippen LogP contribution is -2.39. The van der Waals surface area contributed by atoms with Crippen molar-refractivity contribution >= 4 is 16.9 Å². The van der Waals surface area contributed by atoms with Crippen LogP contribution in [-0.4, -0.2) is 26.4 Å². The van der Waals surface area contributed by atoms with E-state index in [-0.39, 0.29) is 5.12 Å². The monoisotopic (exact) mass is 220 g/mol. The van der Waals surface area contributed by atoms with Gasteiger partial charge in [0.2, 0.25) is 0 Å². The summed E-state index contributed by atoms with van der Waals surface area (Å²) in [6.07, 6.45) is 1.74. The van der Waals surface area contributed by atoms with E-state index in [9.17, 15) is 15.0 Å². The van der Waals surface area contributed by atoms with Gasteiger partial charge in [-0.05, 0) is 12.8 Å². The van der Waals surface area contributed by atoms with Gasteiger partial charge in [-0.1, -0.05) is 38.5 Å². The van der Waals surface area contributed by atoms with E-state index in [1.807, 2.05) is 13.8 Å². The molecule has 0 aliphatic carbocycles. The highest BCUT2D eigenvalue weighted by atomic mass is 32.2. The first-order chi connectivity index (χ1) is 6.48. The Morgan fingerprint density at radius 2 is 2.00 bits per heavy atom. The number of hydrogen-bond acceptors (Lipinski definition) is 4. The first-order valence-corrected chi connectivity index (χ1v) is 5.86. The lowest BCUT2D eigenvalue weighted by molar-refractivity contribution is -0.110. The molecule has 1 atom stereocenters. The minimum atomic E-state index is -1.42. The van der Waals surface area contributed by atoms with Gasteiger partial charge < -0.3 is 10.2 Å². The van der Waals surface area contributed by atoms with Gasteiger partial charge >= 0.3 is 0 Å². The molecule has 4 heteroatoms. The van der Waals surface area contributed by atoms with E-state index < -0.39 is 11.0 Å². The van der Waals surface area contributed by atoms with Crippen LogP contribution >= 0.6 is 11.8 Å². The Labute approximate surface area is 89.9 Å². The van der Waals surface area contributed by atoms with Gasteiger partial charge in [0.1, 0.15) is 0 Å². The maximum atomic E-state index is 11.0. The third kappa shape index (κ3) is 3.98. The van der Waals surface area contributed by atoms with Crippen LogP contribution in [0.5, 0.6) is 0 Å². The fourth-order valence-electron chi connectivity index (χ4n) is 1.43. The fraction of sp³-hybridized carbons (Fsp3) is 0.900. The highest BCUT2D eigenvalue weighted by molar-refractivity contribution is 8.14. The summed E-state index contributed by atoms with van der Waals surface area (Å²) in [6.45, 7) is 5.39. The number of rotatable bonds is 6. The number of aliphatic hydroxyl groups is 2. The first-order valence-electron chi connectivity index (χ1n) is 5.04. The smallest absolute Gasteiger partial charge is 0.186 e. The molecule has 1 unspecified atom stereocenters. The van der Waals surface area contributed by atoms with E-state index >= 15 is 0 Å². The molecule has 0 aliphatic heterocycles. The van der Waals surface area contributed by atoms with Gasteiger partial charge in [0.05, 0.1) is 4.75 Å². The average molecular weight is 220 g/mol. The van der Waals surface area contributed by atoms with Crippen LogP contribution in [-0.2, 0) is 4.79 Å². The normalized spacial score (nSPS) is 15.6. The van der Waals surface area contributed by atoms with Crippen molar-refractivity contribution in [3.63, 3.8) is 0 Å². The topological polar surface area (TPSA) is 57.5 Å². The molecule has 0 heterocycles. The zero-order valence-corrected chi connectivity index (χ0v) is 9.93. The van der Waals surface area contributed by atoms with Crippen LogP contribution in [0.1, 0.15) is 46.5 Å². The van der Waals surface area contributed by atoms with Crippen LogP contribution in [0.15, 0.2) is 0 Å². The van der Waals surface area contributed by atoms with Gasteiger partial charge in [-0.2, -0.15) is 0 Å². The molecule has 0 spiro atoms.